The number of carbonyl (C=O) groups excluding carboxylic acids is 4. The molecule has 2 fully saturated rings. The van der Waals surface area contributed by atoms with Gasteiger partial charge in [0, 0.05) is 44.1 Å². The van der Waals surface area contributed by atoms with E-state index >= 15 is 0 Å². The van der Waals surface area contributed by atoms with E-state index in [1.165, 1.54) is 0 Å². The topological polar surface area (TPSA) is 123 Å². The highest BCUT2D eigenvalue weighted by Gasteiger charge is 2.32. The molecule has 2 aliphatic heterocycles. The minimum atomic E-state index is -0.514. The number of fused-ring (bicyclic) bond motifs is 1. The molecule has 1 unspecified atom stereocenters. The van der Waals surface area contributed by atoms with E-state index < -0.39 is 5.92 Å². The summed E-state index contributed by atoms with van der Waals surface area (Å²) in [5, 5.41) is 10.5. The molecule has 2 saturated heterocycles. The molecule has 5 rings (SSSR count). The maximum absolute atomic E-state index is 12.5. The van der Waals surface area contributed by atoms with Crippen molar-refractivity contribution in [2.24, 2.45) is 7.05 Å². The molecule has 0 spiro atoms. The molecule has 0 aliphatic carbocycles. The third-order valence-electron chi connectivity index (χ3n) is 6.60. The zero-order chi connectivity index (χ0) is 25.2. The summed E-state index contributed by atoms with van der Waals surface area (Å²) < 4.78 is 7.45. The van der Waals surface area contributed by atoms with Crippen LogP contribution in [0.25, 0.3) is 10.9 Å². The van der Waals surface area contributed by atoms with Crippen LogP contribution in [0, 0.1) is 0 Å². The predicted molar refractivity (Wildman–Crippen MR) is 131 cm³/mol. The maximum Gasteiger partial charge on any atom is 0.258 e. The van der Waals surface area contributed by atoms with Crippen LogP contribution in [-0.4, -0.2) is 46.6 Å². The quantitative estimate of drug-likeness (QED) is 0.489. The Labute approximate surface area is 207 Å². The summed E-state index contributed by atoms with van der Waals surface area (Å²) in [5.74, 6) is -0.795. The number of para-hydroxylation sites is 1. The van der Waals surface area contributed by atoms with Gasteiger partial charge in [-0.1, -0.05) is 24.3 Å². The van der Waals surface area contributed by atoms with Gasteiger partial charge in [-0.2, -0.15) is 5.10 Å². The fourth-order valence-corrected chi connectivity index (χ4v) is 4.77. The van der Waals surface area contributed by atoms with E-state index in [1.54, 1.807) is 28.8 Å². The molecule has 2 N–H and O–H groups in total. The number of rotatable bonds is 7. The first-order chi connectivity index (χ1) is 17.4. The smallest absolute Gasteiger partial charge is 0.258 e. The number of hydrogen-bond donors (Lipinski definition) is 2. The van der Waals surface area contributed by atoms with Crippen molar-refractivity contribution in [2.75, 3.05) is 18.1 Å². The van der Waals surface area contributed by atoms with E-state index in [0.29, 0.717) is 36.3 Å². The van der Waals surface area contributed by atoms with Gasteiger partial charge in [-0.05, 0) is 36.6 Å². The number of nitrogens with one attached hydrogen (secondary N) is 2. The summed E-state index contributed by atoms with van der Waals surface area (Å²) in [4.78, 5) is 50.0. The molecule has 10 nitrogen and oxygen atoms in total. The second-order valence-electron chi connectivity index (χ2n) is 9.05. The van der Waals surface area contributed by atoms with E-state index in [1.807, 2.05) is 30.3 Å². The van der Waals surface area contributed by atoms with Crippen molar-refractivity contribution in [3.8, 4) is 5.75 Å². The molecule has 0 saturated carbocycles. The predicted octanol–water partition coefficient (Wildman–Crippen LogP) is 1.92. The standard InChI is InChI=1S/C26H27N5O5/c1-30-25-18(24(29-30)19-11-12-21(32)28-26(19)35)4-2-5-20(25)36-15-22(33)27-14-16-7-9-17(10-8-16)31-13-3-6-23(31)34/h2,4-5,7-10,19H,3,6,11-15H2,1H3,(H,27,33)(H,28,32,35). The Balaban J connectivity index is 1.21. The minimum absolute atomic E-state index is 0.140. The van der Waals surface area contributed by atoms with E-state index in [2.05, 4.69) is 15.7 Å². The van der Waals surface area contributed by atoms with Crippen LogP contribution < -0.4 is 20.3 Å². The average molecular weight is 490 g/mol. The van der Waals surface area contributed by atoms with Gasteiger partial charge in [-0.3, -0.25) is 29.2 Å². The van der Waals surface area contributed by atoms with Crippen molar-refractivity contribution in [3.05, 3.63) is 53.7 Å². The highest BCUT2D eigenvalue weighted by atomic mass is 16.5. The number of imide groups is 1. The molecular formula is C26H27N5O5. The van der Waals surface area contributed by atoms with Crippen LogP contribution in [0.4, 0.5) is 5.69 Å². The molecule has 10 heteroatoms. The lowest BCUT2D eigenvalue weighted by atomic mass is 9.93. The number of benzene rings is 2. The molecule has 1 aromatic heterocycles. The zero-order valence-electron chi connectivity index (χ0n) is 20.0. The van der Waals surface area contributed by atoms with Gasteiger partial charge in [0.2, 0.25) is 17.7 Å². The molecule has 3 aromatic rings. The minimum Gasteiger partial charge on any atom is -0.482 e. The number of aryl methyl sites for hydroxylation is 1. The number of hydrogen-bond acceptors (Lipinski definition) is 6. The van der Waals surface area contributed by atoms with Crippen LogP contribution in [0.2, 0.25) is 0 Å². The van der Waals surface area contributed by atoms with Crippen LogP contribution in [0.15, 0.2) is 42.5 Å². The van der Waals surface area contributed by atoms with Crippen molar-refractivity contribution in [3.63, 3.8) is 0 Å². The van der Waals surface area contributed by atoms with Crippen molar-refractivity contribution in [2.45, 2.75) is 38.1 Å². The maximum atomic E-state index is 12.5. The van der Waals surface area contributed by atoms with Gasteiger partial charge in [0.25, 0.3) is 5.91 Å². The van der Waals surface area contributed by atoms with Crippen molar-refractivity contribution >= 4 is 40.2 Å². The van der Waals surface area contributed by atoms with Crippen molar-refractivity contribution in [1.29, 1.82) is 0 Å². The lowest BCUT2D eigenvalue weighted by Gasteiger charge is -2.19. The first-order valence-electron chi connectivity index (χ1n) is 12.0. The SMILES string of the molecule is Cn1nc(C2CCC(=O)NC2=O)c2cccc(OCC(=O)NCc3ccc(N4CCCC4=O)cc3)c21. The number of piperidine rings is 1. The van der Waals surface area contributed by atoms with Gasteiger partial charge in [0.05, 0.1) is 11.6 Å². The Bertz CT molecular complexity index is 1350. The Morgan fingerprint density at radius 1 is 1.14 bits per heavy atom. The number of ether oxygens (including phenoxy) is 1. The number of aromatic nitrogens is 2. The molecular weight excluding hydrogens is 462 g/mol. The molecule has 2 aromatic carbocycles. The third-order valence-corrected chi connectivity index (χ3v) is 6.60. The van der Waals surface area contributed by atoms with E-state index in [9.17, 15) is 19.2 Å². The molecule has 1 atom stereocenters. The van der Waals surface area contributed by atoms with Crippen LogP contribution in [0.3, 0.4) is 0 Å². The highest BCUT2D eigenvalue weighted by Crippen LogP contribution is 2.34. The summed E-state index contributed by atoms with van der Waals surface area (Å²) in [6, 6.07) is 13.0. The number of nitrogens with zero attached hydrogens (tertiary/aromatic N) is 3. The lowest BCUT2D eigenvalue weighted by molar-refractivity contribution is -0.134. The second kappa shape index (κ2) is 9.80. The van der Waals surface area contributed by atoms with Crippen LogP contribution >= 0.6 is 0 Å². The Morgan fingerprint density at radius 3 is 2.67 bits per heavy atom. The number of anilines is 1. The van der Waals surface area contributed by atoms with Crippen molar-refractivity contribution < 1.29 is 23.9 Å². The normalized spacial score (nSPS) is 18.0. The summed E-state index contributed by atoms with van der Waals surface area (Å²) in [6.45, 7) is 0.898. The fourth-order valence-electron chi connectivity index (χ4n) is 4.77. The molecule has 36 heavy (non-hydrogen) atoms. The fraction of sp³-hybridized carbons (Fsp3) is 0.346. The number of carbonyl (C=O) groups is 4. The second-order valence-corrected chi connectivity index (χ2v) is 9.05. The molecule has 0 radical (unpaired) electrons. The third kappa shape index (κ3) is 4.66. The van der Waals surface area contributed by atoms with Gasteiger partial charge in [0.15, 0.2) is 6.61 Å². The van der Waals surface area contributed by atoms with Gasteiger partial charge < -0.3 is 15.0 Å². The summed E-state index contributed by atoms with van der Waals surface area (Å²) >= 11 is 0. The van der Waals surface area contributed by atoms with E-state index in [0.717, 1.165) is 29.6 Å². The molecule has 186 valence electrons. The number of amides is 4. The largest absolute Gasteiger partial charge is 0.482 e. The first kappa shape index (κ1) is 23.5. The average Bonchev–Trinajstić information content (AvgIpc) is 3.45. The van der Waals surface area contributed by atoms with Crippen LogP contribution in [-0.2, 0) is 32.8 Å². The van der Waals surface area contributed by atoms with Crippen LogP contribution in [0.1, 0.15) is 42.9 Å². The zero-order valence-corrected chi connectivity index (χ0v) is 20.0. The molecule has 2 aliphatic rings. The van der Waals surface area contributed by atoms with Gasteiger partial charge in [-0.15, -0.1) is 0 Å². The van der Waals surface area contributed by atoms with Crippen LogP contribution in [0.5, 0.6) is 5.75 Å². The van der Waals surface area contributed by atoms with E-state index in [4.69, 9.17) is 4.74 Å². The summed E-state index contributed by atoms with van der Waals surface area (Å²) in [6.07, 6.45) is 2.13. The highest BCUT2D eigenvalue weighted by molar-refractivity contribution is 6.03. The van der Waals surface area contributed by atoms with E-state index in [-0.39, 0.29) is 36.7 Å². The summed E-state index contributed by atoms with van der Waals surface area (Å²) in [5.41, 5.74) is 3.06. The first-order valence-corrected chi connectivity index (χ1v) is 12.0. The van der Waals surface area contributed by atoms with Gasteiger partial charge in [0.1, 0.15) is 11.3 Å². The Hall–Kier alpha value is -4.21. The van der Waals surface area contributed by atoms with Gasteiger partial charge >= 0.3 is 0 Å². The molecule has 0 bridgehead atoms. The lowest BCUT2D eigenvalue weighted by Crippen LogP contribution is -2.39. The summed E-state index contributed by atoms with van der Waals surface area (Å²) in [7, 11) is 1.75. The molecule has 4 amide bonds. The van der Waals surface area contributed by atoms with Gasteiger partial charge in [-0.25, -0.2) is 0 Å². The monoisotopic (exact) mass is 489 g/mol. The Kier molecular flexibility index (Phi) is 6.41. The molecule has 3 heterocycles. The Morgan fingerprint density at radius 2 is 1.94 bits per heavy atom. The van der Waals surface area contributed by atoms with Crippen molar-refractivity contribution in [1.82, 2.24) is 20.4 Å².